The Labute approximate surface area is 150 Å². The smallest absolute Gasteiger partial charge is 0.118 e. The van der Waals surface area contributed by atoms with Gasteiger partial charge in [0.2, 0.25) is 0 Å². The van der Waals surface area contributed by atoms with Crippen LogP contribution in [-0.2, 0) is 6.54 Å². The van der Waals surface area contributed by atoms with Crippen LogP contribution in [0.5, 0.6) is 5.75 Å². The molecule has 4 nitrogen and oxygen atoms in total. The molecule has 0 amide bonds. The predicted molar refractivity (Wildman–Crippen MR) is 101 cm³/mol. The lowest BCUT2D eigenvalue weighted by molar-refractivity contribution is 0.114. The molecule has 0 spiro atoms. The average molecular weight is 340 g/mol. The maximum absolute atomic E-state index is 10.4. The number of hydrogen-bond donors (Lipinski definition) is 1. The van der Waals surface area contributed by atoms with Crippen molar-refractivity contribution >= 4 is 0 Å². The van der Waals surface area contributed by atoms with Crippen LogP contribution in [-0.4, -0.2) is 54.7 Å². The van der Waals surface area contributed by atoms with Crippen LogP contribution in [0.25, 0.3) is 0 Å². The molecule has 1 aliphatic heterocycles. The Kier molecular flexibility index (Phi) is 6.45. The molecule has 134 valence electrons. The van der Waals surface area contributed by atoms with Gasteiger partial charge in [-0.2, -0.15) is 0 Å². The number of aliphatic hydroxyl groups excluding tert-OH is 1. The predicted octanol–water partition coefficient (Wildman–Crippen LogP) is 2.94. The summed E-state index contributed by atoms with van der Waals surface area (Å²) < 4.78 is 5.22. The van der Waals surface area contributed by atoms with Crippen LogP contribution in [0.4, 0.5) is 0 Å². The van der Waals surface area contributed by atoms with Gasteiger partial charge in [0.15, 0.2) is 0 Å². The highest BCUT2D eigenvalue weighted by Crippen LogP contribution is 2.17. The lowest BCUT2D eigenvalue weighted by atomic mass is 10.1. The van der Waals surface area contributed by atoms with Crippen LogP contribution in [0.2, 0.25) is 0 Å². The van der Waals surface area contributed by atoms with Crippen molar-refractivity contribution in [2.75, 3.05) is 39.8 Å². The van der Waals surface area contributed by atoms with Gasteiger partial charge in [-0.05, 0) is 42.8 Å². The van der Waals surface area contributed by atoms with Crippen molar-refractivity contribution in [1.82, 2.24) is 9.80 Å². The molecule has 0 radical (unpaired) electrons. The summed E-state index contributed by atoms with van der Waals surface area (Å²) in [6.45, 7) is 5.86. The van der Waals surface area contributed by atoms with Gasteiger partial charge in [-0.3, -0.25) is 9.80 Å². The van der Waals surface area contributed by atoms with Crippen LogP contribution < -0.4 is 4.74 Å². The molecule has 1 aliphatic rings. The molecule has 0 bridgehead atoms. The second-order valence-electron chi connectivity index (χ2n) is 6.70. The van der Waals surface area contributed by atoms with E-state index in [9.17, 15) is 5.11 Å². The van der Waals surface area contributed by atoms with E-state index in [2.05, 4.69) is 21.9 Å². The molecule has 0 saturated carbocycles. The van der Waals surface area contributed by atoms with E-state index in [0.29, 0.717) is 6.54 Å². The molecular weight excluding hydrogens is 312 g/mol. The van der Waals surface area contributed by atoms with Gasteiger partial charge in [0, 0.05) is 26.2 Å². The number of nitrogens with zero attached hydrogens (tertiary/aromatic N) is 2. The van der Waals surface area contributed by atoms with E-state index >= 15 is 0 Å². The lowest BCUT2D eigenvalue weighted by Gasteiger charge is -2.24. The lowest BCUT2D eigenvalue weighted by Crippen LogP contribution is -2.33. The standard InChI is InChI=1S/C21H28N2O2/c1-25-20-10-8-18(9-11-20)16-22-12-5-13-23(15-14-22)17-21(24)19-6-3-2-4-7-19/h2-4,6-11,21,24H,5,12-17H2,1H3/t21-/m1/s1. The minimum absolute atomic E-state index is 0.408. The van der Waals surface area contributed by atoms with E-state index in [-0.39, 0.29) is 0 Å². The summed E-state index contributed by atoms with van der Waals surface area (Å²) in [4.78, 5) is 4.88. The van der Waals surface area contributed by atoms with Gasteiger partial charge in [0.05, 0.1) is 13.2 Å². The van der Waals surface area contributed by atoms with Gasteiger partial charge in [-0.1, -0.05) is 42.5 Å². The maximum Gasteiger partial charge on any atom is 0.118 e. The summed E-state index contributed by atoms with van der Waals surface area (Å²) in [5, 5.41) is 10.4. The molecular formula is C21H28N2O2. The summed E-state index contributed by atoms with van der Waals surface area (Å²) in [5.41, 5.74) is 2.32. The van der Waals surface area contributed by atoms with Gasteiger partial charge in [0.25, 0.3) is 0 Å². The second-order valence-corrected chi connectivity index (χ2v) is 6.70. The van der Waals surface area contributed by atoms with E-state index in [1.54, 1.807) is 7.11 Å². The third-order valence-electron chi connectivity index (χ3n) is 4.86. The zero-order valence-corrected chi connectivity index (χ0v) is 15.0. The summed E-state index contributed by atoms with van der Waals surface area (Å²) in [6, 6.07) is 18.3. The summed E-state index contributed by atoms with van der Waals surface area (Å²) >= 11 is 0. The van der Waals surface area contributed by atoms with Crippen molar-refractivity contribution in [3.05, 3.63) is 65.7 Å². The quantitative estimate of drug-likeness (QED) is 0.877. The van der Waals surface area contributed by atoms with E-state index in [1.807, 2.05) is 42.5 Å². The number of β-amino-alcohol motifs (C(OH)–C–C–N with tert-alkyl or cyclic N) is 1. The first-order valence-corrected chi connectivity index (χ1v) is 9.05. The van der Waals surface area contributed by atoms with Crippen LogP contribution in [0, 0.1) is 0 Å². The molecule has 1 atom stereocenters. The van der Waals surface area contributed by atoms with Gasteiger partial charge in [-0.15, -0.1) is 0 Å². The minimum atomic E-state index is -0.408. The third-order valence-corrected chi connectivity index (χ3v) is 4.86. The summed E-state index contributed by atoms with van der Waals surface area (Å²) in [5.74, 6) is 0.903. The molecule has 4 heteroatoms. The van der Waals surface area contributed by atoms with Crippen LogP contribution in [0.1, 0.15) is 23.7 Å². The van der Waals surface area contributed by atoms with Gasteiger partial charge >= 0.3 is 0 Å². The first-order chi connectivity index (χ1) is 12.2. The highest BCUT2D eigenvalue weighted by molar-refractivity contribution is 5.27. The second kappa shape index (κ2) is 8.99. The Morgan fingerprint density at radius 1 is 0.920 bits per heavy atom. The topological polar surface area (TPSA) is 35.9 Å². The van der Waals surface area contributed by atoms with Crippen LogP contribution in [0.3, 0.4) is 0 Å². The number of methoxy groups -OCH3 is 1. The molecule has 2 aromatic carbocycles. The van der Waals surface area contributed by atoms with Crippen molar-refractivity contribution in [3.63, 3.8) is 0 Å². The average Bonchev–Trinajstić information content (AvgIpc) is 2.88. The third kappa shape index (κ3) is 5.30. The first-order valence-electron chi connectivity index (χ1n) is 9.05. The van der Waals surface area contributed by atoms with E-state index in [0.717, 1.165) is 50.5 Å². The highest BCUT2D eigenvalue weighted by atomic mass is 16.5. The van der Waals surface area contributed by atoms with E-state index < -0.39 is 6.10 Å². The molecule has 0 unspecified atom stereocenters. The number of rotatable bonds is 6. The molecule has 25 heavy (non-hydrogen) atoms. The van der Waals surface area contributed by atoms with Crippen LogP contribution in [0.15, 0.2) is 54.6 Å². The fourth-order valence-electron chi connectivity index (χ4n) is 3.38. The van der Waals surface area contributed by atoms with Crippen molar-refractivity contribution in [3.8, 4) is 5.75 Å². The maximum atomic E-state index is 10.4. The van der Waals surface area contributed by atoms with Gasteiger partial charge in [0.1, 0.15) is 5.75 Å². The fraction of sp³-hybridized carbons (Fsp3) is 0.429. The Hall–Kier alpha value is -1.88. The molecule has 3 rings (SSSR count). The Bertz CT molecular complexity index is 630. The summed E-state index contributed by atoms with van der Waals surface area (Å²) in [7, 11) is 1.70. The van der Waals surface area contributed by atoms with Gasteiger partial charge in [-0.25, -0.2) is 0 Å². The van der Waals surface area contributed by atoms with Crippen LogP contribution >= 0.6 is 0 Å². The number of benzene rings is 2. The summed E-state index contributed by atoms with van der Waals surface area (Å²) in [6.07, 6.45) is 0.729. The fourth-order valence-corrected chi connectivity index (χ4v) is 3.38. The Morgan fingerprint density at radius 3 is 2.32 bits per heavy atom. The number of hydrogen-bond acceptors (Lipinski definition) is 4. The molecule has 1 fully saturated rings. The molecule has 2 aromatic rings. The van der Waals surface area contributed by atoms with Crippen molar-refractivity contribution in [2.45, 2.75) is 19.1 Å². The Morgan fingerprint density at radius 2 is 1.60 bits per heavy atom. The molecule has 0 aliphatic carbocycles. The zero-order valence-electron chi connectivity index (χ0n) is 15.0. The van der Waals surface area contributed by atoms with Crippen molar-refractivity contribution in [2.24, 2.45) is 0 Å². The SMILES string of the molecule is COc1ccc(CN2CCCN(C[C@@H](O)c3ccccc3)CC2)cc1. The molecule has 0 aromatic heterocycles. The van der Waals surface area contributed by atoms with E-state index in [1.165, 1.54) is 5.56 Å². The molecule has 1 N–H and O–H groups in total. The first kappa shape index (κ1) is 17.9. The van der Waals surface area contributed by atoms with E-state index in [4.69, 9.17) is 4.74 Å². The van der Waals surface area contributed by atoms with Gasteiger partial charge < -0.3 is 9.84 Å². The van der Waals surface area contributed by atoms with Crippen molar-refractivity contribution in [1.29, 1.82) is 0 Å². The van der Waals surface area contributed by atoms with Crippen molar-refractivity contribution < 1.29 is 9.84 Å². The zero-order chi connectivity index (χ0) is 17.5. The molecule has 1 heterocycles. The number of aliphatic hydroxyl groups is 1. The highest BCUT2D eigenvalue weighted by Gasteiger charge is 2.18. The Balaban J connectivity index is 1.50. The minimum Gasteiger partial charge on any atom is -0.497 e. The normalized spacial score (nSPS) is 17.8. The largest absolute Gasteiger partial charge is 0.497 e. The molecule has 1 saturated heterocycles. The monoisotopic (exact) mass is 340 g/mol. The number of ether oxygens (including phenoxy) is 1.